The first kappa shape index (κ1) is 24.5. The van der Waals surface area contributed by atoms with E-state index in [0.29, 0.717) is 28.4 Å². The van der Waals surface area contributed by atoms with Crippen molar-refractivity contribution in [3.05, 3.63) is 51.5 Å². The van der Waals surface area contributed by atoms with Gasteiger partial charge in [-0.25, -0.2) is 0 Å². The predicted octanol–water partition coefficient (Wildman–Crippen LogP) is 5.51. The van der Waals surface area contributed by atoms with E-state index in [-0.39, 0.29) is 25.5 Å². The van der Waals surface area contributed by atoms with E-state index in [9.17, 15) is 18.0 Å². The Hall–Kier alpha value is -2.20. The third-order valence-corrected chi connectivity index (χ3v) is 8.02. The molecule has 10 heteroatoms. The molecule has 0 aliphatic carbocycles. The largest absolute Gasteiger partial charge is 0.408 e. The summed E-state index contributed by atoms with van der Waals surface area (Å²) in [7, 11) is 0. The van der Waals surface area contributed by atoms with E-state index >= 15 is 0 Å². The number of carbonyl (C=O) groups excluding carboxylic acids is 1. The topological polar surface area (TPSA) is 54.5 Å². The van der Waals surface area contributed by atoms with Gasteiger partial charge in [-0.2, -0.15) is 13.2 Å². The second-order valence-corrected chi connectivity index (χ2v) is 10.6. The van der Waals surface area contributed by atoms with Crippen molar-refractivity contribution >= 4 is 39.1 Å². The number of benzene rings is 1. The van der Waals surface area contributed by atoms with Gasteiger partial charge < -0.3 is 15.0 Å². The third kappa shape index (κ3) is 5.05. The first-order chi connectivity index (χ1) is 16.7. The normalized spacial score (nSPS) is 21.3. The average Bonchev–Trinajstić information content (AvgIpc) is 3.39. The number of ether oxygens (including phenoxy) is 1. The highest BCUT2D eigenvalue weighted by atomic mass is 35.5. The fraction of sp³-hybridized carbons (Fsp3) is 0.440. The van der Waals surface area contributed by atoms with Crippen LogP contribution in [0.15, 0.2) is 30.5 Å². The number of fused-ring (bicyclic) bond motifs is 1. The maximum Gasteiger partial charge on any atom is 0.408 e. The number of aryl methyl sites for hydroxylation is 1. The Bertz CT molecular complexity index is 1260. The summed E-state index contributed by atoms with van der Waals surface area (Å²) in [4.78, 5) is 18.3. The number of morpholine rings is 1. The molecule has 35 heavy (non-hydrogen) atoms. The number of pyridine rings is 1. The summed E-state index contributed by atoms with van der Waals surface area (Å²) in [5.41, 5.74) is 4.76. The van der Waals surface area contributed by atoms with Crippen LogP contribution in [-0.4, -0.2) is 53.8 Å². The van der Waals surface area contributed by atoms with Crippen molar-refractivity contribution in [2.45, 2.75) is 51.1 Å². The van der Waals surface area contributed by atoms with E-state index in [1.807, 2.05) is 25.1 Å². The molecule has 2 fully saturated rings. The summed E-state index contributed by atoms with van der Waals surface area (Å²) in [6.07, 6.45) is -2.26. The number of nitrogens with one attached hydrogen (secondary N) is 1. The van der Waals surface area contributed by atoms with Gasteiger partial charge in [0.25, 0.3) is 0 Å². The Kier molecular flexibility index (Phi) is 6.78. The van der Waals surface area contributed by atoms with Crippen LogP contribution in [0.5, 0.6) is 0 Å². The minimum atomic E-state index is -4.44. The lowest BCUT2D eigenvalue weighted by atomic mass is 9.92. The van der Waals surface area contributed by atoms with Crippen LogP contribution in [0.4, 0.5) is 13.2 Å². The van der Waals surface area contributed by atoms with Gasteiger partial charge in [-0.05, 0) is 54.3 Å². The minimum Gasteiger partial charge on any atom is -0.375 e. The molecule has 1 unspecified atom stereocenters. The molecule has 0 bridgehead atoms. The zero-order chi connectivity index (χ0) is 24.7. The second-order valence-electron chi connectivity index (χ2n) is 9.05. The number of rotatable bonds is 5. The summed E-state index contributed by atoms with van der Waals surface area (Å²) < 4.78 is 47.2. The molecule has 2 atom stereocenters. The van der Waals surface area contributed by atoms with E-state index in [2.05, 4.69) is 10.3 Å². The number of nitrogens with zero attached hydrogens (tertiary/aromatic N) is 2. The molecule has 0 saturated carbocycles. The standard InChI is InChI=1S/C25H25ClF3N3O2S/c1-14-8-15(26)9-20(19(14)10-16-12-30-6-7-34-16)18-4-5-31-21-11-17(35-24(18)21)13-32-22(25(27,28)29)2-3-23(32)33/h4-5,8-9,11,16,22,30H,2-3,6-7,10,12-13H2,1H3/t16-,22?/m0/s1. The van der Waals surface area contributed by atoms with Crippen LogP contribution in [0.25, 0.3) is 21.3 Å². The Morgan fingerprint density at radius 1 is 1.29 bits per heavy atom. The van der Waals surface area contributed by atoms with Crippen molar-refractivity contribution in [3.63, 3.8) is 0 Å². The number of halogens is 4. The van der Waals surface area contributed by atoms with Gasteiger partial charge in [0.05, 0.1) is 29.5 Å². The van der Waals surface area contributed by atoms with Gasteiger partial charge in [0, 0.05) is 47.6 Å². The van der Waals surface area contributed by atoms with Crippen LogP contribution in [-0.2, 0) is 22.5 Å². The van der Waals surface area contributed by atoms with Crippen LogP contribution in [0, 0.1) is 6.92 Å². The molecule has 2 aromatic heterocycles. The van der Waals surface area contributed by atoms with Crippen molar-refractivity contribution in [3.8, 4) is 11.1 Å². The van der Waals surface area contributed by atoms with Gasteiger partial charge >= 0.3 is 6.18 Å². The highest BCUT2D eigenvalue weighted by Gasteiger charge is 2.48. The van der Waals surface area contributed by atoms with Crippen molar-refractivity contribution in [2.75, 3.05) is 19.7 Å². The number of aromatic nitrogens is 1. The summed E-state index contributed by atoms with van der Waals surface area (Å²) in [5.74, 6) is -0.466. The molecule has 5 nitrogen and oxygen atoms in total. The molecular formula is C25H25ClF3N3O2S. The van der Waals surface area contributed by atoms with Crippen LogP contribution in [0.3, 0.4) is 0 Å². The van der Waals surface area contributed by atoms with Crippen molar-refractivity contribution in [1.82, 2.24) is 15.2 Å². The molecule has 5 rings (SSSR count). The first-order valence-corrected chi connectivity index (χ1v) is 12.8. The number of carbonyl (C=O) groups is 1. The molecule has 2 aliphatic heterocycles. The average molecular weight is 524 g/mol. The van der Waals surface area contributed by atoms with Crippen LogP contribution >= 0.6 is 22.9 Å². The van der Waals surface area contributed by atoms with Crippen molar-refractivity contribution in [1.29, 1.82) is 0 Å². The molecule has 2 aliphatic rings. The number of hydrogen-bond donors (Lipinski definition) is 1. The first-order valence-electron chi connectivity index (χ1n) is 11.6. The van der Waals surface area contributed by atoms with Gasteiger partial charge in [0.1, 0.15) is 6.04 Å². The Morgan fingerprint density at radius 3 is 2.86 bits per heavy atom. The highest BCUT2D eigenvalue weighted by Crippen LogP contribution is 2.40. The zero-order valence-corrected chi connectivity index (χ0v) is 20.7. The molecule has 3 aromatic rings. The predicted molar refractivity (Wildman–Crippen MR) is 131 cm³/mol. The molecule has 4 heterocycles. The molecular weight excluding hydrogens is 499 g/mol. The van der Waals surface area contributed by atoms with Gasteiger partial charge in [0.15, 0.2) is 0 Å². The van der Waals surface area contributed by atoms with Crippen molar-refractivity contribution < 1.29 is 22.7 Å². The monoisotopic (exact) mass is 523 g/mol. The van der Waals surface area contributed by atoms with Crippen LogP contribution < -0.4 is 5.32 Å². The number of amides is 1. The molecule has 0 radical (unpaired) electrons. The number of likely N-dealkylation sites (tertiary alicyclic amines) is 1. The fourth-order valence-corrected chi connectivity index (χ4v) is 6.39. The lowest BCUT2D eigenvalue weighted by Gasteiger charge is -2.26. The van der Waals surface area contributed by atoms with Gasteiger partial charge in [-0.3, -0.25) is 9.78 Å². The number of thiophene rings is 1. The highest BCUT2D eigenvalue weighted by molar-refractivity contribution is 7.19. The van der Waals surface area contributed by atoms with Gasteiger partial charge in [0.2, 0.25) is 5.91 Å². The molecule has 1 N–H and O–H groups in total. The quantitative estimate of drug-likeness (QED) is 0.479. The molecule has 1 aromatic carbocycles. The molecule has 2 saturated heterocycles. The molecule has 1 amide bonds. The fourth-order valence-electron chi connectivity index (χ4n) is 4.98. The second kappa shape index (κ2) is 9.69. The number of hydrogen-bond acceptors (Lipinski definition) is 5. The zero-order valence-electron chi connectivity index (χ0n) is 19.1. The lowest BCUT2D eigenvalue weighted by Crippen LogP contribution is -2.42. The third-order valence-electron chi connectivity index (χ3n) is 6.66. The van der Waals surface area contributed by atoms with E-state index in [1.54, 1.807) is 12.3 Å². The lowest BCUT2D eigenvalue weighted by molar-refractivity contribution is -0.181. The maximum absolute atomic E-state index is 13.5. The summed E-state index contributed by atoms with van der Waals surface area (Å²) in [6.45, 7) is 4.21. The van der Waals surface area contributed by atoms with Crippen molar-refractivity contribution in [2.24, 2.45) is 0 Å². The number of alkyl halides is 3. The summed E-state index contributed by atoms with van der Waals surface area (Å²) >= 11 is 7.83. The van der Waals surface area contributed by atoms with Gasteiger partial charge in [-0.1, -0.05) is 11.6 Å². The van der Waals surface area contributed by atoms with E-state index in [4.69, 9.17) is 16.3 Å². The Labute approximate surface area is 210 Å². The molecule has 0 spiro atoms. The van der Waals surface area contributed by atoms with E-state index in [1.165, 1.54) is 11.3 Å². The molecule has 186 valence electrons. The smallest absolute Gasteiger partial charge is 0.375 e. The van der Waals surface area contributed by atoms with E-state index in [0.717, 1.165) is 44.9 Å². The summed E-state index contributed by atoms with van der Waals surface area (Å²) in [6, 6.07) is 5.83. The van der Waals surface area contributed by atoms with Crippen LogP contribution in [0.1, 0.15) is 28.8 Å². The van der Waals surface area contributed by atoms with Crippen LogP contribution in [0.2, 0.25) is 5.02 Å². The Balaban J connectivity index is 1.52. The Morgan fingerprint density at radius 2 is 2.11 bits per heavy atom. The summed E-state index contributed by atoms with van der Waals surface area (Å²) in [5, 5.41) is 3.97. The minimum absolute atomic E-state index is 0.0408. The maximum atomic E-state index is 13.5. The van der Waals surface area contributed by atoms with Gasteiger partial charge in [-0.15, -0.1) is 11.3 Å². The SMILES string of the molecule is Cc1cc(Cl)cc(-c2ccnc3cc(CN4C(=O)CCC4C(F)(F)F)sc23)c1C[C@H]1CNCCO1. The van der Waals surface area contributed by atoms with E-state index < -0.39 is 18.1 Å².